The van der Waals surface area contributed by atoms with Gasteiger partial charge in [-0.2, -0.15) is 13.2 Å². The zero-order valence-corrected chi connectivity index (χ0v) is 29.4. The molecular weight excluding hydrogens is 671 g/mol. The van der Waals surface area contributed by atoms with Gasteiger partial charge in [-0.15, -0.1) is 0 Å². The minimum atomic E-state index is -4.58. The van der Waals surface area contributed by atoms with Gasteiger partial charge in [-0.1, -0.05) is 60.7 Å². The summed E-state index contributed by atoms with van der Waals surface area (Å²) in [6.45, 7) is 4.53. The molecule has 0 radical (unpaired) electrons. The fourth-order valence-electron chi connectivity index (χ4n) is 5.91. The van der Waals surface area contributed by atoms with Crippen LogP contribution in [0.5, 0.6) is 0 Å². The van der Waals surface area contributed by atoms with E-state index in [2.05, 4.69) is 15.2 Å². The number of alkyl halides is 3. The Kier molecular flexibility index (Phi) is 13.4. The number of aromatic nitrogens is 1. The highest BCUT2D eigenvalue weighted by molar-refractivity contribution is 5.95. The molecule has 4 aromatic rings. The van der Waals surface area contributed by atoms with Crippen molar-refractivity contribution < 1.29 is 32.2 Å². The first-order valence-corrected chi connectivity index (χ1v) is 17.1. The summed E-state index contributed by atoms with van der Waals surface area (Å²) in [5.41, 5.74) is 3.88. The average molecular weight is 716 g/mol. The Labute approximate surface area is 302 Å². The maximum Gasteiger partial charge on any atom is 0.433 e. The molecule has 2 heterocycles. The first-order valence-electron chi connectivity index (χ1n) is 17.1. The van der Waals surface area contributed by atoms with Gasteiger partial charge in [0.25, 0.3) is 0 Å². The summed E-state index contributed by atoms with van der Waals surface area (Å²) in [5, 5.41) is 3.28. The Morgan fingerprint density at radius 1 is 0.923 bits per heavy atom. The van der Waals surface area contributed by atoms with Crippen LogP contribution in [-0.4, -0.2) is 86.3 Å². The number of nitrogens with zero attached hydrogens (tertiary/aromatic N) is 4. The topological polar surface area (TPSA) is 87.2 Å². The molecule has 0 bridgehead atoms. The molecule has 1 N–H and O–H groups in total. The second kappa shape index (κ2) is 18.3. The van der Waals surface area contributed by atoms with Crippen molar-refractivity contribution in [2.45, 2.75) is 31.7 Å². The predicted octanol–water partition coefficient (Wildman–Crippen LogP) is 6.31. The molecule has 1 aromatic heterocycles. The molecular formula is C40H44F3N5O4. The number of hydrogen-bond donors (Lipinski definition) is 1. The highest BCUT2D eigenvalue weighted by Gasteiger charge is 2.33. The number of hydrogen-bond acceptors (Lipinski definition) is 7. The first kappa shape index (κ1) is 38.0. The summed E-state index contributed by atoms with van der Waals surface area (Å²) in [7, 11) is 3.36. The van der Waals surface area contributed by atoms with Gasteiger partial charge in [-0.05, 0) is 58.7 Å². The molecule has 12 heteroatoms. The molecule has 1 aliphatic rings. The molecule has 1 aliphatic heterocycles. The Balaban J connectivity index is 1.43. The lowest BCUT2D eigenvalue weighted by Crippen LogP contribution is -2.50. The van der Waals surface area contributed by atoms with Crippen LogP contribution < -0.4 is 10.2 Å². The summed E-state index contributed by atoms with van der Waals surface area (Å²) < 4.78 is 49.9. The van der Waals surface area contributed by atoms with Crippen molar-refractivity contribution >= 4 is 29.3 Å². The van der Waals surface area contributed by atoms with E-state index in [-0.39, 0.29) is 18.9 Å². The van der Waals surface area contributed by atoms with E-state index in [0.717, 1.165) is 53.4 Å². The van der Waals surface area contributed by atoms with E-state index in [1.807, 2.05) is 78.9 Å². The molecule has 52 heavy (non-hydrogen) atoms. The highest BCUT2D eigenvalue weighted by Crippen LogP contribution is 2.27. The van der Waals surface area contributed by atoms with Gasteiger partial charge in [0.2, 0.25) is 11.8 Å². The number of anilines is 2. The number of morpholine rings is 1. The molecule has 1 atom stereocenters. The molecule has 1 saturated heterocycles. The summed E-state index contributed by atoms with van der Waals surface area (Å²) in [5.74, 6) is -0.722. The lowest BCUT2D eigenvalue weighted by Gasteiger charge is -2.34. The third kappa shape index (κ3) is 10.9. The van der Waals surface area contributed by atoms with Crippen LogP contribution in [0.2, 0.25) is 0 Å². The van der Waals surface area contributed by atoms with Crippen molar-refractivity contribution in [3.05, 3.63) is 131 Å². The number of pyridine rings is 1. The summed E-state index contributed by atoms with van der Waals surface area (Å²) >= 11 is 0. The van der Waals surface area contributed by atoms with Crippen LogP contribution >= 0.6 is 0 Å². The maximum atomic E-state index is 14.4. The van der Waals surface area contributed by atoms with Gasteiger partial charge in [0.1, 0.15) is 11.7 Å². The Bertz CT molecular complexity index is 1750. The SMILES string of the molecule is COCCNc1ccc(CN(C)C(=O)C(Cc2ccccc2)N(Cc2ccc(N3CCOCC3)cc2)C(=O)C=Cc2ccc(C(F)(F)F)nc2)cc1. The standard InChI is InChI=1S/C40H44F3N5O4/c1-46(28-32-8-14-34(15-9-32)44-20-23-51-2)39(50)36(26-30-6-4-3-5-7-30)48(29-33-10-16-35(17-11-33)47-21-24-52-25-22-47)38(49)19-13-31-12-18-37(45-27-31)40(41,42)43/h3-19,27,36,44H,20-26,28-29H2,1-2H3. The second-order valence-electron chi connectivity index (χ2n) is 12.6. The molecule has 2 amide bonds. The molecule has 274 valence electrons. The lowest BCUT2D eigenvalue weighted by atomic mass is 10.0. The lowest BCUT2D eigenvalue weighted by molar-refractivity contribution is -0.143. The number of amides is 2. The second-order valence-corrected chi connectivity index (χ2v) is 12.6. The van der Waals surface area contributed by atoms with Crippen LogP contribution in [0.1, 0.15) is 27.9 Å². The molecule has 1 fully saturated rings. The predicted molar refractivity (Wildman–Crippen MR) is 196 cm³/mol. The van der Waals surface area contributed by atoms with E-state index in [1.165, 1.54) is 23.1 Å². The molecule has 9 nitrogen and oxygen atoms in total. The van der Waals surface area contributed by atoms with Gasteiger partial charge in [0, 0.05) is 76.9 Å². The number of likely N-dealkylation sites (N-methyl/N-ethyl adjacent to an activating group) is 1. The summed E-state index contributed by atoms with van der Waals surface area (Å²) in [6, 6.07) is 26.4. The van der Waals surface area contributed by atoms with Gasteiger partial charge in [-0.25, -0.2) is 0 Å². The van der Waals surface area contributed by atoms with Gasteiger partial charge < -0.3 is 29.5 Å². The third-order valence-electron chi connectivity index (χ3n) is 8.76. The van der Waals surface area contributed by atoms with Crippen molar-refractivity contribution in [2.24, 2.45) is 0 Å². The molecule has 5 rings (SSSR count). The minimum Gasteiger partial charge on any atom is -0.383 e. The van der Waals surface area contributed by atoms with Crippen LogP contribution in [0, 0.1) is 0 Å². The van der Waals surface area contributed by atoms with Crippen molar-refractivity contribution in [1.29, 1.82) is 0 Å². The Morgan fingerprint density at radius 3 is 2.23 bits per heavy atom. The van der Waals surface area contributed by atoms with Crippen molar-refractivity contribution in [2.75, 3.05) is 63.8 Å². The molecule has 1 unspecified atom stereocenters. The zero-order valence-electron chi connectivity index (χ0n) is 29.4. The van der Waals surface area contributed by atoms with Crippen LogP contribution in [-0.2, 0) is 44.7 Å². The van der Waals surface area contributed by atoms with E-state index >= 15 is 0 Å². The molecule has 0 aliphatic carbocycles. The Hall–Kier alpha value is -5.20. The van der Waals surface area contributed by atoms with Gasteiger partial charge in [0.15, 0.2) is 0 Å². The number of carbonyl (C=O) groups excluding carboxylic acids is 2. The highest BCUT2D eigenvalue weighted by atomic mass is 19.4. The van der Waals surface area contributed by atoms with Crippen LogP contribution in [0.15, 0.2) is 103 Å². The molecule has 3 aromatic carbocycles. The van der Waals surface area contributed by atoms with Gasteiger partial charge in [0.05, 0.1) is 19.8 Å². The number of halogens is 3. The molecule has 0 spiro atoms. The monoisotopic (exact) mass is 715 g/mol. The Morgan fingerprint density at radius 2 is 1.60 bits per heavy atom. The summed E-state index contributed by atoms with van der Waals surface area (Å²) in [4.78, 5) is 37.5. The first-order chi connectivity index (χ1) is 25.1. The number of methoxy groups -OCH3 is 1. The van der Waals surface area contributed by atoms with Crippen LogP contribution in [0.25, 0.3) is 6.08 Å². The summed E-state index contributed by atoms with van der Waals surface area (Å²) in [6.07, 6.45) is -0.557. The fourth-order valence-corrected chi connectivity index (χ4v) is 5.91. The number of nitrogens with one attached hydrogen (secondary N) is 1. The number of benzene rings is 3. The van der Waals surface area contributed by atoms with Gasteiger partial charge >= 0.3 is 6.18 Å². The van der Waals surface area contributed by atoms with Crippen molar-refractivity contribution in [1.82, 2.24) is 14.8 Å². The smallest absolute Gasteiger partial charge is 0.383 e. The average Bonchev–Trinajstić information content (AvgIpc) is 3.16. The fraction of sp³-hybridized carbons (Fsp3) is 0.325. The third-order valence-corrected chi connectivity index (χ3v) is 8.76. The minimum absolute atomic E-state index is 0.122. The number of rotatable bonds is 15. The van der Waals surface area contributed by atoms with Crippen LogP contribution in [0.3, 0.4) is 0 Å². The molecule has 0 saturated carbocycles. The van der Waals surface area contributed by atoms with Crippen LogP contribution in [0.4, 0.5) is 24.5 Å². The quantitative estimate of drug-likeness (QED) is 0.114. The van der Waals surface area contributed by atoms with E-state index in [0.29, 0.717) is 38.5 Å². The normalized spacial score (nSPS) is 13.9. The largest absolute Gasteiger partial charge is 0.433 e. The van der Waals surface area contributed by atoms with E-state index in [4.69, 9.17) is 9.47 Å². The van der Waals surface area contributed by atoms with Crippen molar-refractivity contribution in [3.8, 4) is 0 Å². The van der Waals surface area contributed by atoms with E-state index < -0.39 is 23.8 Å². The van der Waals surface area contributed by atoms with E-state index in [9.17, 15) is 22.8 Å². The van der Waals surface area contributed by atoms with E-state index in [1.54, 1.807) is 19.1 Å². The number of carbonyl (C=O) groups is 2. The maximum absolute atomic E-state index is 14.4. The van der Waals surface area contributed by atoms with Crippen molar-refractivity contribution in [3.63, 3.8) is 0 Å². The van der Waals surface area contributed by atoms with Gasteiger partial charge in [-0.3, -0.25) is 14.6 Å². The number of ether oxygens (including phenoxy) is 2. The zero-order chi connectivity index (χ0) is 36.9.